The molecule has 2 rings (SSSR count). The number of benzene rings is 1. The van der Waals surface area contributed by atoms with Crippen molar-refractivity contribution in [2.24, 2.45) is 0 Å². The van der Waals surface area contributed by atoms with Gasteiger partial charge in [-0.2, -0.15) is 0 Å². The predicted molar refractivity (Wildman–Crippen MR) is 99.2 cm³/mol. The second kappa shape index (κ2) is 9.20. The number of aromatic amines is 1. The maximum atomic E-state index is 12.5. The number of hydrogen-bond donors (Lipinski definition) is 2. The maximum absolute atomic E-state index is 12.5. The van der Waals surface area contributed by atoms with Crippen molar-refractivity contribution in [2.45, 2.75) is 40.3 Å². The molecule has 0 aliphatic rings. The molecule has 0 saturated heterocycles. The molecule has 2 aromatic rings. The molecular weight excluding hydrogens is 332 g/mol. The average molecular weight is 358 g/mol. The van der Waals surface area contributed by atoms with Gasteiger partial charge < -0.3 is 19.8 Å². The highest BCUT2D eigenvalue weighted by atomic mass is 16.5. The first-order valence-corrected chi connectivity index (χ1v) is 8.75. The first-order chi connectivity index (χ1) is 12.5. The zero-order chi connectivity index (χ0) is 19.1. The minimum atomic E-state index is -0.431. The number of methoxy groups -OCH3 is 1. The van der Waals surface area contributed by atoms with E-state index in [0.717, 1.165) is 11.1 Å². The van der Waals surface area contributed by atoms with Crippen LogP contribution in [0.25, 0.3) is 0 Å². The number of nitrogens with one attached hydrogen (secondary N) is 2. The molecule has 0 aliphatic carbocycles. The van der Waals surface area contributed by atoms with Crippen LogP contribution in [0.5, 0.6) is 0 Å². The summed E-state index contributed by atoms with van der Waals surface area (Å²) in [5, 5.41) is 2.89. The van der Waals surface area contributed by atoms with E-state index in [1.807, 2.05) is 38.1 Å². The van der Waals surface area contributed by atoms with Crippen LogP contribution in [0.2, 0.25) is 0 Å². The van der Waals surface area contributed by atoms with Gasteiger partial charge in [-0.3, -0.25) is 4.79 Å². The molecule has 1 aromatic heterocycles. The third-order valence-electron chi connectivity index (χ3n) is 4.25. The van der Waals surface area contributed by atoms with Gasteiger partial charge in [-0.15, -0.1) is 0 Å². The fourth-order valence-corrected chi connectivity index (χ4v) is 2.77. The van der Waals surface area contributed by atoms with Gasteiger partial charge in [0.05, 0.1) is 19.3 Å². The van der Waals surface area contributed by atoms with E-state index in [-0.39, 0.29) is 5.91 Å². The van der Waals surface area contributed by atoms with E-state index in [2.05, 4.69) is 10.3 Å². The molecule has 26 heavy (non-hydrogen) atoms. The zero-order valence-corrected chi connectivity index (χ0v) is 15.8. The first-order valence-electron chi connectivity index (χ1n) is 8.75. The molecule has 1 heterocycles. The first kappa shape index (κ1) is 19.7. The number of esters is 1. The number of aromatic nitrogens is 1. The fraction of sp³-hybridized carbons (Fsp3) is 0.400. The van der Waals surface area contributed by atoms with E-state index in [1.165, 1.54) is 7.11 Å². The molecule has 6 nitrogen and oxygen atoms in total. The Morgan fingerprint density at radius 2 is 1.77 bits per heavy atom. The molecule has 0 unspecified atom stereocenters. The van der Waals surface area contributed by atoms with Crippen LogP contribution < -0.4 is 5.32 Å². The van der Waals surface area contributed by atoms with Gasteiger partial charge in [0.15, 0.2) is 0 Å². The second-order valence-corrected chi connectivity index (χ2v) is 5.96. The van der Waals surface area contributed by atoms with Crippen LogP contribution in [0, 0.1) is 6.92 Å². The van der Waals surface area contributed by atoms with Crippen molar-refractivity contribution in [1.29, 1.82) is 0 Å². The largest absolute Gasteiger partial charge is 0.465 e. The highest BCUT2D eigenvalue weighted by Gasteiger charge is 2.23. The molecule has 1 amide bonds. The minimum absolute atomic E-state index is 0.245. The van der Waals surface area contributed by atoms with Gasteiger partial charge in [0.1, 0.15) is 5.69 Å². The molecule has 0 bridgehead atoms. The van der Waals surface area contributed by atoms with Gasteiger partial charge in [-0.1, -0.05) is 31.2 Å². The third kappa shape index (κ3) is 4.52. The monoisotopic (exact) mass is 358 g/mol. The van der Waals surface area contributed by atoms with Crippen LogP contribution >= 0.6 is 0 Å². The lowest BCUT2D eigenvalue weighted by atomic mass is 10.1. The SMILES string of the molecule is CCOCc1ccc(CNC(=O)c2[nH]c(CC)c(C(=O)OC)c2C)cc1. The Morgan fingerprint density at radius 1 is 1.12 bits per heavy atom. The number of carbonyl (C=O) groups excluding carboxylic acids is 2. The molecular formula is C20H26N2O4. The number of carbonyl (C=O) groups is 2. The van der Waals surface area contributed by atoms with E-state index in [1.54, 1.807) is 6.92 Å². The molecule has 140 valence electrons. The van der Waals surface area contributed by atoms with Crippen molar-refractivity contribution in [3.8, 4) is 0 Å². The molecule has 1 aromatic carbocycles. The van der Waals surface area contributed by atoms with Crippen molar-refractivity contribution < 1.29 is 19.1 Å². The third-order valence-corrected chi connectivity index (χ3v) is 4.25. The topological polar surface area (TPSA) is 80.4 Å². The lowest BCUT2D eigenvalue weighted by Gasteiger charge is -2.07. The van der Waals surface area contributed by atoms with Crippen LogP contribution in [-0.4, -0.2) is 30.6 Å². The Hall–Kier alpha value is -2.60. The summed E-state index contributed by atoms with van der Waals surface area (Å²) in [6, 6.07) is 7.91. The molecule has 0 atom stereocenters. The van der Waals surface area contributed by atoms with Crippen molar-refractivity contribution in [2.75, 3.05) is 13.7 Å². The van der Waals surface area contributed by atoms with E-state index in [0.29, 0.717) is 48.7 Å². The van der Waals surface area contributed by atoms with E-state index < -0.39 is 5.97 Å². The second-order valence-electron chi connectivity index (χ2n) is 5.96. The van der Waals surface area contributed by atoms with Crippen molar-refractivity contribution in [3.63, 3.8) is 0 Å². The molecule has 0 aliphatic heterocycles. The molecule has 0 spiro atoms. The number of aryl methyl sites for hydroxylation is 1. The lowest BCUT2D eigenvalue weighted by Crippen LogP contribution is -2.24. The number of rotatable bonds is 8. The van der Waals surface area contributed by atoms with Crippen molar-refractivity contribution in [3.05, 3.63) is 57.9 Å². The Kier molecular flexibility index (Phi) is 6.97. The van der Waals surface area contributed by atoms with E-state index in [4.69, 9.17) is 9.47 Å². The quantitative estimate of drug-likeness (QED) is 0.711. The fourth-order valence-electron chi connectivity index (χ4n) is 2.77. The Bertz CT molecular complexity index is 763. The molecule has 0 saturated carbocycles. The van der Waals surface area contributed by atoms with E-state index in [9.17, 15) is 9.59 Å². The maximum Gasteiger partial charge on any atom is 0.339 e. The van der Waals surface area contributed by atoms with Crippen molar-refractivity contribution in [1.82, 2.24) is 10.3 Å². The zero-order valence-electron chi connectivity index (χ0n) is 15.8. The van der Waals surface area contributed by atoms with Crippen LogP contribution in [0.3, 0.4) is 0 Å². The van der Waals surface area contributed by atoms with Gasteiger partial charge >= 0.3 is 5.97 Å². The number of H-pyrrole nitrogens is 1. The Balaban J connectivity index is 2.06. The van der Waals surface area contributed by atoms with Crippen LogP contribution in [0.1, 0.15) is 57.1 Å². The van der Waals surface area contributed by atoms with Crippen LogP contribution in [-0.2, 0) is 29.0 Å². The summed E-state index contributed by atoms with van der Waals surface area (Å²) in [5.41, 5.74) is 4.25. The molecule has 2 N–H and O–H groups in total. The summed E-state index contributed by atoms with van der Waals surface area (Å²) in [5.74, 6) is -0.676. The lowest BCUT2D eigenvalue weighted by molar-refractivity contribution is 0.0599. The number of ether oxygens (including phenoxy) is 2. The van der Waals surface area contributed by atoms with Crippen LogP contribution in [0.15, 0.2) is 24.3 Å². The van der Waals surface area contributed by atoms with Gasteiger partial charge in [-0.05, 0) is 37.0 Å². The van der Waals surface area contributed by atoms with Crippen LogP contribution in [0.4, 0.5) is 0 Å². The summed E-state index contributed by atoms with van der Waals surface area (Å²) in [6.45, 7) is 7.30. The highest BCUT2D eigenvalue weighted by Crippen LogP contribution is 2.20. The summed E-state index contributed by atoms with van der Waals surface area (Å²) >= 11 is 0. The average Bonchev–Trinajstić information content (AvgIpc) is 3.01. The molecule has 6 heteroatoms. The molecule has 0 radical (unpaired) electrons. The number of hydrogen-bond acceptors (Lipinski definition) is 4. The summed E-state index contributed by atoms with van der Waals surface area (Å²) in [4.78, 5) is 27.5. The van der Waals surface area contributed by atoms with Gasteiger partial charge in [0, 0.05) is 18.8 Å². The van der Waals surface area contributed by atoms with E-state index >= 15 is 0 Å². The standard InChI is InChI=1S/C20H26N2O4/c1-5-16-17(20(24)25-4)13(3)18(22-16)19(23)21-11-14-7-9-15(10-8-14)12-26-6-2/h7-10,22H,5-6,11-12H2,1-4H3,(H,21,23). The smallest absolute Gasteiger partial charge is 0.339 e. The summed E-state index contributed by atoms with van der Waals surface area (Å²) < 4.78 is 10.2. The van der Waals surface area contributed by atoms with Gasteiger partial charge in [-0.25, -0.2) is 4.79 Å². The summed E-state index contributed by atoms with van der Waals surface area (Å²) in [6.07, 6.45) is 0.611. The highest BCUT2D eigenvalue weighted by molar-refractivity contribution is 6.00. The van der Waals surface area contributed by atoms with Gasteiger partial charge in [0.2, 0.25) is 0 Å². The normalized spacial score (nSPS) is 10.6. The molecule has 0 fully saturated rings. The number of amides is 1. The van der Waals surface area contributed by atoms with Crippen molar-refractivity contribution >= 4 is 11.9 Å². The van der Waals surface area contributed by atoms with Gasteiger partial charge in [0.25, 0.3) is 5.91 Å². The summed E-state index contributed by atoms with van der Waals surface area (Å²) in [7, 11) is 1.34. The Morgan fingerprint density at radius 3 is 2.35 bits per heavy atom. The minimum Gasteiger partial charge on any atom is -0.465 e. The Labute approximate surface area is 153 Å². The predicted octanol–water partition coefficient (Wildman–Crippen LogP) is 3.14.